The Balaban J connectivity index is 1.47. The summed E-state index contributed by atoms with van der Waals surface area (Å²) in [5.41, 5.74) is 2.08. The minimum Gasteiger partial charge on any atom is -0.444 e. The number of ether oxygens (including phenoxy) is 1. The highest BCUT2D eigenvalue weighted by molar-refractivity contribution is 5.92. The number of rotatable bonds is 3. The van der Waals surface area contributed by atoms with E-state index in [-0.39, 0.29) is 12.1 Å². The second-order valence-electron chi connectivity index (χ2n) is 11.3. The van der Waals surface area contributed by atoms with Gasteiger partial charge in [-0.2, -0.15) is 0 Å². The fourth-order valence-corrected chi connectivity index (χ4v) is 6.09. The predicted molar refractivity (Wildman–Crippen MR) is 131 cm³/mol. The number of fused-ring (bicyclic) bond motifs is 1. The molecule has 180 valence electrons. The van der Waals surface area contributed by atoms with Gasteiger partial charge in [0.15, 0.2) is 0 Å². The van der Waals surface area contributed by atoms with E-state index in [1.807, 2.05) is 25.7 Å². The van der Waals surface area contributed by atoms with Gasteiger partial charge in [0.2, 0.25) is 0 Å². The highest BCUT2D eigenvalue weighted by atomic mass is 16.6. The highest BCUT2D eigenvalue weighted by Crippen LogP contribution is 2.43. The van der Waals surface area contributed by atoms with Crippen LogP contribution < -0.4 is 4.90 Å². The molecule has 5 rings (SSSR count). The average molecular weight is 454 g/mol. The number of amides is 1. The third-order valence-corrected chi connectivity index (χ3v) is 7.68. The van der Waals surface area contributed by atoms with Gasteiger partial charge in [0.1, 0.15) is 23.4 Å². The molecule has 7 heteroatoms. The monoisotopic (exact) mass is 453 g/mol. The summed E-state index contributed by atoms with van der Waals surface area (Å²) in [6, 6.07) is 0.725. The first-order chi connectivity index (χ1) is 15.8. The fourth-order valence-electron chi connectivity index (χ4n) is 6.09. The summed E-state index contributed by atoms with van der Waals surface area (Å²) in [6.07, 6.45) is 14.2. The molecule has 33 heavy (non-hydrogen) atoms. The first kappa shape index (κ1) is 22.5. The lowest BCUT2D eigenvalue weighted by Crippen LogP contribution is -2.54. The Morgan fingerprint density at radius 1 is 1.03 bits per heavy atom. The zero-order chi connectivity index (χ0) is 23.2. The normalized spacial score (nSPS) is 23.1. The number of piperazine rings is 1. The number of anilines is 1. The average Bonchev–Trinajstić information content (AvgIpc) is 3.52. The maximum atomic E-state index is 12.6. The molecule has 0 radical (unpaired) electrons. The van der Waals surface area contributed by atoms with E-state index in [2.05, 4.69) is 22.6 Å². The van der Waals surface area contributed by atoms with Crippen molar-refractivity contribution in [3.63, 3.8) is 0 Å². The van der Waals surface area contributed by atoms with E-state index < -0.39 is 5.60 Å². The lowest BCUT2D eigenvalue weighted by molar-refractivity contribution is 0.0218. The number of aromatic nitrogens is 3. The molecule has 0 aromatic carbocycles. The van der Waals surface area contributed by atoms with Crippen LogP contribution in [-0.4, -0.2) is 56.8 Å². The zero-order valence-electron chi connectivity index (χ0n) is 20.7. The van der Waals surface area contributed by atoms with E-state index in [0.29, 0.717) is 25.0 Å². The molecule has 1 atom stereocenters. The molecule has 1 saturated heterocycles. The van der Waals surface area contributed by atoms with Gasteiger partial charge in [-0.05, 0) is 64.9 Å². The minimum atomic E-state index is -0.477. The number of nitrogens with zero attached hydrogens (tertiary/aromatic N) is 5. The van der Waals surface area contributed by atoms with E-state index in [1.54, 1.807) is 6.33 Å². The molecular formula is C26H39N5O2. The van der Waals surface area contributed by atoms with Crippen molar-refractivity contribution in [3.8, 4) is 0 Å². The zero-order valence-corrected chi connectivity index (χ0v) is 20.7. The van der Waals surface area contributed by atoms with Crippen LogP contribution >= 0.6 is 0 Å². The van der Waals surface area contributed by atoms with Crippen LogP contribution in [0.5, 0.6) is 0 Å². The lowest BCUT2D eigenvalue weighted by Gasteiger charge is -2.41. The van der Waals surface area contributed by atoms with Gasteiger partial charge in [-0.3, -0.25) is 0 Å². The van der Waals surface area contributed by atoms with Crippen molar-refractivity contribution in [1.82, 2.24) is 19.4 Å². The lowest BCUT2D eigenvalue weighted by atomic mass is 9.97. The van der Waals surface area contributed by atoms with Crippen LogP contribution in [0.2, 0.25) is 0 Å². The maximum absolute atomic E-state index is 12.6. The summed E-state index contributed by atoms with van der Waals surface area (Å²) in [7, 11) is 0. The Morgan fingerprint density at radius 2 is 1.73 bits per heavy atom. The molecule has 2 aromatic rings. The van der Waals surface area contributed by atoms with Gasteiger partial charge in [-0.1, -0.05) is 25.7 Å². The number of hydrogen-bond acceptors (Lipinski definition) is 5. The summed E-state index contributed by atoms with van der Waals surface area (Å²) in [5.74, 6) is 1.66. The van der Waals surface area contributed by atoms with Gasteiger partial charge in [-0.25, -0.2) is 14.8 Å². The van der Waals surface area contributed by atoms with Gasteiger partial charge in [0.05, 0.1) is 5.39 Å². The number of hydrogen-bond donors (Lipinski definition) is 0. The molecule has 3 fully saturated rings. The largest absolute Gasteiger partial charge is 0.444 e. The standard InChI is InChI=1S/C26H39N5O2/c1-18-15-29(25(32)33-26(2,3)4)13-14-30(18)23-22-21(19-9-5-6-10-19)16-31(20-11-7-8-12-20)24(22)28-17-27-23/h16-20H,5-15H2,1-4H3/t18-/m0/s1. The van der Waals surface area contributed by atoms with Crippen molar-refractivity contribution < 1.29 is 9.53 Å². The van der Waals surface area contributed by atoms with Gasteiger partial charge in [0, 0.05) is 37.9 Å². The first-order valence-electron chi connectivity index (χ1n) is 12.9. The molecule has 1 aliphatic heterocycles. The summed E-state index contributed by atoms with van der Waals surface area (Å²) in [6.45, 7) is 9.99. The quantitative estimate of drug-likeness (QED) is 0.601. The highest BCUT2D eigenvalue weighted by Gasteiger charge is 2.34. The first-order valence-corrected chi connectivity index (χ1v) is 12.9. The number of carbonyl (C=O) groups is 1. The van der Waals surface area contributed by atoms with Crippen LogP contribution in [-0.2, 0) is 4.74 Å². The summed E-state index contributed by atoms with van der Waals surface area (Å²) in [4.78, 5) is 26.6. The van der Waals surface area contributed by atoms with E-state index in [0.717, 1.165) is 18.0 Å². The molecule has 2 aliphatic carbocycles. The second kappa shape index (κ2) is 8.80. The minimum absolute atomic E-state index is 0.163. The molecule has 3 aliphatic rings. The molecule has 0 N–H and O–H groups in total. The molecule has 0 spiro atoms. The molecule has 0 bridgehead atoms. The molecule has 7 nitrogen and oxygen atoms in total. The van der Waals surface area contributed by atoms with Crippen LogP contribution in [0.15, 0.2) is 12.5 Å². The second-order valence-corrected chi connectivity index (χ2v) is 11.3. The van der Waals surface area contributed by atoms with Crippen LogP contribution in [0.1, 0.15) is 96.6 Å². The summed E-state index contributed by atoms with van der Waals surface area (Å²) < 4.78 is 8.10. The van der Waals surface area contributed by atoms with Gasteiger partial charge in [0.25, 0.3) is 0 Å². The van der Waals surface area contributed by atoms with Crippen LogP contribution in [0, 0.1) is 0 Å². The van der Waals surface area contributed by atoms with Gasteiger partial charge < -0.3 is 19.1 Å². The van der Waals surface area contributed by atoms with Gasteiger partial charge in [-0.15, -0.1) is 0 Å². The molecule has 1 amide bonds. The molecule has 3 heterocycles. The summed E-state index contributed by atoms with van der Waals surface area (Å²) >= 11 is 0. The number of carbonyl (C=O) groups excluding carboxylic acids is 1. The third-order valence-electron chi connectivity index (χ3n) is 7.68. The molecule has 2 saturated carbocycles. The van der Waals surface area contributed by atoms with Crippen molar-refractivity contribution in [3.05, 3.63) is 18.1 Å². The van der Waals surface area contributed by atoms with Crippen LogP contribution in [0.3, 0.4) is 0 Å². The topological polar surface area (TPSA) is 63.5 Å². The van der Waals surface area contributed by atoms with Crippen molar-refractivity contribution in [1.29, 1.82) is 0 Å². The Morgan fingerprint density at radius 3 is 2.39 bits per heavy atom. The fraction of sp³-hybridized carbons (Fsp3) is 0.731. The van der Waals surface area contributed by atoms with E-state index in [1.165, 1.54) is 62.3 Å². The van der Waals surface area contributed by atoms with E-state index in [4.69, 9.17) is 14.7 Å². The Kier molecular flexibility index (Phi) is 6.00. The van der Waals surface area contributed by atoms with Crippen molar-refractivity contribution >= 4 is 22.9 Å². The summed E-state index contributed by atoms with van der Waals surface area (Å²) in [5, 5.41) is 1.26. The SMILES string of the molecule is C[C@H]1CN(C(=O)OC(C)(C)C)CCN1c1ncnc2c1c(C1CCCC1)cn2C1CCCC1. The Hall–Kier alpha value is -2.31. The van der Waals surface area contributed by atoms with E-state index in [9.17, 15) is 4.79 Å². The van der Waals surface area contributed by atoms with E-state index >= 15 is 0 Å². The van der Waals surface area contributed by atoms with Crippen molar-refractivity contribution in [2.75, 3.05) is 24.5 Å². The van der Waals surface area contributed by atoms with Crippen LogP contribution in [0.25, 0.3) is 11.0 Å². The predicted octanol–water partition coefficient (Wildman–Crippen LogP) is 5.65. The smallest absolute Gasteiger partial charge is 0.410 e. The Bertz CT molecular complexity index is 998. The maximum Gasteiger partial charge on any atom is 0.410 e. The molecule has 2 aromatic heterocycles. The van der Waals surface area contributed by atoms with Gasteiger partial charge >= 0.3 is 6.09 Å². The van der Waals surface area contributed by atoms with Crippen molar-refractivity contribution in [2.45, 2.75) is 103 Å². The Labute approximate surface area is 197 Å². The molecule has 0 unspecified atom stereocenters. The van der Waals surface area contributed by atoms with Crippen LogP contribution in [0.4, 0.5) is 10.6 Å². The van der Waals surface area contributed by atoms with Crippen molar-refractivity contribution in [2.24, 2.45) is 0 Å². The molecular weight excluding hydrogens is 414 g/mol. The third kappa shape index (κ3) is 4.43.